The average Bonchev–Trinajstić information content (AvgIpc) is 2.65. The molecule has 30 heavy (non-hydrogen) atoms. The van der Waals surface area contributed by atoms with Gasteiger partial charge in [-0.2, -0.15) is 0 Å². The second-order valence-corrected chi connectivity index (χ2v) is 11.9. The van der Waals surface area contributed by atoms with E-state index in [4.69, 9.17) is 14.5 Å². The van der Waals surface area contributed by atoms with E-state index >= 15 is 0 Å². The number of carbonyl (C=O) groups is 1. The predicted molar refractivity (Wildman–Crippen MR) is 117 cm³/mol. The third-order valence-corrected chi connectivity index (χ3v) is 9.18. The summed E-state index contributed by atoms with van der Waals surface area (Å²) in [4.78, 5) is 23.4. The van der Waals surface area contributed by atoms with Crippen LogP contribution in [0, 0.1) is 28.6 Å². The molecule has 0 aromatic heterocycles. The Kier molecular flexibility index (Phi) is 6.69. The lowest BCUT2D eigenvalue weighted by atomic mass is 9.45. The number of hydrogen-bond acceptors (Lipinski definition) is 5. The van der Waals surface area contributed by atoms with E-state index in [1.807, 2.05) is 6.92 Å². The quantitative estimate of drug-likeness (QED) is 0.470. The van der Waals surface area contributed by atoms with Gasteiger partial charge in [0.2, 0.25) is 0 Å². The molecule has 0 spiro atoms. The Bertz CT molecular complexity index is 619. The van der Waals surface area contributed by atoms with Gasteiger partial charge in [0.25, 0.3) is 0 Å². The Morgan fingerprint density at radius 1 is 1.10 bits per heavy atom. The van der Waals surface area contributed by atoms with Crippen molar-refractivity contribution in [1.82, 2.24) is 0 Å². The van der Waals surface area contributed by atoms with Crippen molar-refractivity contribution in [2.75, 3.05) is 7.11 Å². The van der Waals surface area contributed by atoms with Crippen molar-refractivity contribution in [3.05, 3.63) is 0 Å². The fraction of sp³-hybridized carbons (Fsp3) is 0.960. The van der Waals surface area contributed by atoms with Crippen LogP contribution < -0.4 is 0 Å². The molecule has 7 atom stereocenters. The Labute approximate surface area is 183 Å². The van der Waals surface area contributed by atoms with Gasteiger partial charge in [0.05, 0.1) is 18.6 Å². The zero-order valence-electron chi connectivity index (χ0n) is 20.3. The van der Waals surface area contributed by atoms with Gasteiger partial charge in [-0.05, 0) is 94.8 Å². The molecule has 2 aliphatic carbocycles. The topological polar surface area (TPSA) is 65.0 Å². The molecular formula is C25H44O5. The number of rotatable bonds is 5. The fourth-order valence-electron chi connectivity index (χ4n) is 7.27. The van der Waals surface area contributed by atoms with Crippen LogP contribution in [-0.4, -0.2) is 35.5 Å². The predicted octanol–water partition coefficient (Wildman–Crippen LogP) is 5.44. The van der Waals surface area contributed by atoms with E-state index in [0.29, 0.717) is 11.3 Å². The van der Waals surface area contributed by atoms with E-state index in [-0.39, 0.29) is 34.9 Å². The summed E-state index contributed by atoms with van der Waals surface area (Å²) in [5.41, 5.74) is -0.507. The molecule has 0 aromatic carbocycles. The summed E-state index contributed by atoms with van der Waals surface area (Å²) in [6.07, 6.45) is 8.90. The fourth-order valence-corrected chi connectivity index (χ4v) is 7.27. The minimum absolute atomic E-state index is 0.164. The smallest absolute Gasteiger partial charge is 0.311 e. The number of aliphatic hydroxyl groups is 1. The van der Waals surface area contributed by atoms with Crippen LogP contribution in [0.4, 0.5) is 0 Å². The van der Waals surface area contributed by atoms with Crippen LogP contribution in [0.3, 0.4) is 0 Å². The Hall–Kier alpha value is -0.650. The van der Waals surface area contributed by atoms with Crippen LogP contribution >= 0.6 is 0 Å². The Morgan fingerprint density at radius 3 is 2.40 bits per heavy atom. The van der Waals surface area contributed by atoms with E-state index in [9.17, 15) is 9.90 Å². The highest BCUT2D eigenvalue weighted by Crippen LogP contribution is 2.63. The standard InChI is InChI=1S/C25H44O5/c1-17(21(26)28-7)18-9-14-23(4,30-29-18)15-10-20-24(5)13-8-12-22(2,3)19(24)11-16-25(20,6)27/h17-20,27H,8-16H2,1-7H3/t17-,18-,19+,20-,23+,24+,25+/m0/s1. The van der Waals surface area contributed by atoms with Gasteiger partial charge in [0, 0.05) is 0 Å². The summed E-state index contributed by atoms with van der Waals surface area (Å²) in [7, 11) is 1.41. The van der Waals surface area contributed by atoms with Crippen molar-refractivity contribution < 1.29 is 24.4 Å². The maximum atomic E-state index is 11.8. The summed E-state index contributed by atoms with van der Waals surface area (Å²) in [6.45, 7) is 13.3. The van der Waals surface area contributed by atoms with E-state index in [2.05, 4.69) is 34.6 Å². The van der Waals surface area contributed by atoms with E-state index in [1.165, 1.54) is 26.4 Å². The van der Waals surface area contributed by atoms with Crippen LogP contribution in [0.1, 0.15) is 99.3 Å². The molecule has 3 rings (SSSR count). The first-order valence-electron chi connectivity index (χ1n) is 12.0. The Morgan fingerprint density at radius 2 is 1.80 bits per heavy atom. The summed E-state index contributed by atoms with van der Waals surface area (Å²) in [5, 5.41) is 11.4. The van der Waals surface area contributed by atoms with Crippen LogP contribution in [0.25, 0.3) is 0 Å². The first kappa shape index (κ1) is 24.0. The molecule has 1 N–H and O–H groups in total. The molecule has 5 nitrogen and oxygen atoms in total. The number of fused-ring (bicyclic) bond motifs is 1. The second-order valence-electron chi connectivity index (χ2n) is 11.9. The van der Waals surface area contributed by atoms with Crippen molar-refractivity contribution in [3.8, 4) is 0 Å². The van der Waals surface area contributed by atoms with E-state index in [1.54, 1.807) is 0 Å². The first-order chi connectivity index (χ1) is 13.8. The number of carbonyl (C=O) groups excluding carboxylic acids is 1. The number of methoxy groups -OCH3 is 1. The number of esters is 1. The molecule has 1 aliphatic heterocycles. The zero-order chi connectivity index (χ0) is 22.4. The maximum absolute atomic E-state index is 11.8. The molecule has 0 unspecified atom stereocenters. The van der Waals surface area contributed by atoms with Crippen molar-refractivity contribution in [2.24, 2.45) is 28.6 Å². The minimum atomic E-state index is -0.632. The monoisotopic (exact) mass is 424 g/mol. The van der Waals surface area contributed by atoms with Crippen LogP contribution in [0.15, 0.2) is 0 Å². The van der Waals surface area contributed by atoms with Crippen molar-refractivity contribution in [1.29, 1.82) is 0 Å². The molecule has 5 heteroatoms. The molecular weight excluding hydrogens is 380 g/mol. The summed E-state index contributed by atoms with van der Waals surface area (Å²) in [5.74, 6) is 0.327. The molecule has 0 bridgehead atoms. The molecule has 0 amide bonds. The van der Waals surface area contributed by atoms with Gasteiger partial charge in [-0.3, -0.25) is 4.79 Å². The van der Waals surface area contributed by atoms with Crippen LogP contribution in [0.5, 0.6) is 0 Å². The summed E-state index contributed by atoms with van der Waals surface area (Å²) in [6, 6.07) is 0. The van der Waals surface area contributed by atoms with E-state index < -0.39 is 5.60 Å². The maximum Gasteiger partial charge on any atom is 0.311 e. The van der Waals surface area contributed by atoms with Gasteiger partial charge in [0.15, 0.2) is 0 Å². The van der Waals surface area contributed by atoms with Crippen molar-refractivity contribution in [3.63, 3.8) is 0 Å². The molecule has 174 valence electrons. The Balaban J connectivity index is 1.67. The molecule has 0 radical (unpaired) electrons. The van der Waals surface area contributed by atoms with Crippen LogP contribution in [-0.2, 0) is 19.3 Å². The molecule has 3 fully saturated rings. The van der Waals surface area contributed by atoms with Crippen molar-refractivity contribution >= 4 is 5.97 Å². The van der Waals surface area contributed by atoms with Gasteiger partial charge in [-0.15, -0.1) is 0 Å². The van der Waals surface area contributed by atoms with Gasteiger partial charge in [-0.1, -0.05) is 27.2 Å². The zero-order valence-corrected chi connectivity index (χ0v) is 20.3. The van der Waals surface area contributed by atoms with Gasteiger partial charge < -0.3 is 9.84 Å². The first-order valence-corrected chi connectivity index (χ1v) is 12.0. The van der Waals surface area contributed by atoms with E-state index in [0.717, 1.165) is 38.5 Å². The SMILES string of the molecule is COC(=O)[C@@H](C)[C@@H]1CC[C@](C)(CC[C@H]2[C@]3(C)CCCC(C)(C)[C@H]3CC[C@@]2(C)O)OO1. The average molecular weight is 425 g/mol. The molecule has 1 heterocycles. The highest BCUT2D eigenvalue weighted by Gasteiger charge is 2.58. The molecule has 0 aromatic rings. The van der Waals surface area contributed by atoms with Gasteiger partial charge in [-0.25, -0.2) is 9.78 Å². The number of hydrogen-bond donors (Lipinski definition) is 1. The summed E-state index contributed by atoms with van der Waals surface area (Å²) < 4.78 is 4.84. The third kappa shape index (κ3) is 4.45. The second kappa shape index (κ2) is 8.37. The minimum Gasteiger partial charge on any atom is -0.469 e. The summed E-state index contributed by atoms with van der Waals surface area (Å²) >= 11 is 0. The highest BCUT2D eigenvalue weighted by molar-refractivity contribution is 5.72. The molecule has 1 saturated heterocycles. The van der Waals surface area contributed by atoms with Crippen molar-refractivity contribution in [2.45, 2.75) is 117 Å². The molecule has 3 aliphatic rings. The highest BCUT2D eigenvalue weighted by atomic mass is 17.2. The normalized spacial score (nSPS) is 44.7. The largest absolute Gasteiger partial charge is 0.469 e. The van der Waals surface area contributed by atoms with Crippen LogP contribution in [0.2, 0.25) is 0 Å². The lowest BCUT2D eigenvalue weighted by Crippen LogP contribution is -2.57. The third-order valence-electron chi connectivity index (χ3n) is 9.18. The number of ether oxygens (including phenoxy) is 1. The lowest BCUT2D eigenvalue weighted by Gasteiger charge is -2.61. The van der Waals surface area contributed by atoms with Gasteiger partial charge >= 0.3 is 5.97 Å². The van der Waals surface area contributed by atoms with Gasteiger partial charge in [0.1, 0.15) is 11.7 Å². The lowest BCUT2D eigenvalue weighted by molar-refractivity contribution is -0.412. The molecule has 2 saturated carbocycles.